The van der Waals surface area contributed by atoms with E-state index < -0.39 is 83.5 Å². The zero-order chi connectivity index (χ0) is 38.7. The van der Waals surface area contributed by atoms with Gasteiger partial charge >= 0.3 is 0 Å². The van der Waals surface area contributed by atoms with E-state index in [1.54, 1.807) is 33.9 Å². The summed E-state index contributed by atoms with van der Waals surface area (Å²) < 4.78 is 0. The molecule has 52 heavy (non-hydrogen) atoms. The van der Waals surface area contributed by atoms with Crippen molar-refractivity contribution in [1.29, 1.82) is 0 Å². The van der Waals surface area contributed by atoms with Crippen LogP contribution in [0.3, 0.4) is 0 Å². The summed E-state index contributed by atoms with van der Waals surface area (Å²) in [5.74, 6) is -4.70. The molecule has 3 rings (SSSR count). The molecule has 1 saturated heterocycles. The third-order valence-electron chi connectivity index (χ3n) is 8.97. The summed E-state index contributed by atoms with van der Waals surface area (Å²) >= 11 is 0. The molecule has 6 unspecified atom stereocenters. The Hall–Kier alpha value is -4.95. The average Bonchev–Trinajstić information content (AvgIpc) is 3.48. The van der Waals surface area contributed by atoms with Crippen molar-refractivity contribution < 1.29 is 33.6 Å². The highest BCUT2D eigenvalue weighted by Gasteiger charge is 2.34. The first kappa shape index (κ1) is 41.5. The van der Waals surface area contributed by atoms with Crippen LogP contribution in [0.1, 0.15) is 80.2 Å². The lowest BCUT2D eigenvalue weighted by molar-refractivity contribution is -0.136. The van der Waals surface area contributed by atoms with Gasteiger partial charge in [-0.25, -0.2) is 0 Å². The Morgan fingerprint density at radius 1 is 0.635 bits per heavy atom. The van der Waals surface area contributed by atoms with Crippen molar-refractivity contribution in [2.45, 2.75) is 117 Å². The van der Waals surface area contributed by atoms with Gasteiger partial charge in [-0.05, 0) is 56.1 Å². The number of nitrogens with one attached hydrogen (secondary N) is 8. The van der Waals surface area contributed by atoms with Crippen molar-refractivity contribution in [3.8, 4) is 0 Å². The number of amides is 7. The zero-order valence-corrected chi connectivity index (χ0v) is 31.5. The fourth-order valence-corrected chi connectivity index (χ4v) is 5.92. The van der Waals surface area contributed by atoms with E-state index in [1.165, 1.54) is 13.8 Å². The largest absolute Gasteiger partial charge is 0.361 e. The van der Waals surface area contributed by atoms with Gasteiger partial charge in [0.05, 0.1) is 0 Å². The molecule has 286 valence electrons. The Bertz CT molecular complexity index is 1600. The van der Waals surface area contributed by atoms with Gasteiger partial charge in [-0.3, -0.25) is 33.6 Å². The van der Waals surface area contributed by atoms with E-state index in [0.29, 0.717) is 0 Å². The van der Waals surface area contributed by atoms with Crippen LogP contribution in [0.25, 0.3) is 10.9 Å². The number of hydrogen-bond donors (Lipinski definition) is 8. The van der Waals surface area contributed by atoms with Gasteiger partial charge in [-0.15, -0.1) is 0 Å². The molecule has 7 amide bonds. The lowest BCUT2D eigenvalue weighted by Crippen LogP contribution is -2.61. The third-order valence-corrected chi connectivity index (χ3v) is 8.97. The molecule has 0 bridgehead atoms. The number of fused-ring (bicyclic) bond motifs is 1. The number of aromatic nitrogens is 1. The molecule has 2 aromatic rings. The highest BCUT2D eigenvalue weighted by Crippen LogP contribution is 2.19. The van der Waals surface area contributed by atoms with E-state index in [9.17, 15) is 33.6 Å². The second kappa shape index (κ2) is 19.0. The van der Waals surface area contributed by atoms with Crippen molar-refractivity contribution in [3.05, 3.63) is 36.0 Å². The zero-order valence-electron chi connectivity index (χ0n) is 31.5. The third kappa shape index (κ3) is 11.8. The molecule has 1 fully saturated rings. The second-order valence-corrected chi connectivity index (χ2v) is 14.7. The smallest absolute Gasteiger partial charge is 0.243 e. The maximum atomic E-state index is 13.7. The number of carbonyl (C=O) groups is 7. The minimum atomic E-state index is -1.09. The van der Waals surface area contributed by atoms with E-state index in [2.05, 4.69) is 42.2 Å². The molecule has 1 aromatic heterocycles. The molecule has 1 aliphatic rings. The summed E-state index contributed by atoms with van der Waals surface area (Å²) in [5, 5.41) is 19.9. The summed E-state index contributed by atoms with van der Waals surface area (Å²) in [5.41, 5.74) is 1.66. The van der Waals surface area contributed by atoms with Gasteiger partial charge in [0.25, 0.3) is 0 Å². The monoisotopic (exact) mass is 724 g/mol. The number of hydrogen-bond acceptors (Lipinski definition) is 7. The van der Waals surface area contributed by atoms with Crippen molar-refractivity contribution in [2.75, 3.05) is 6.54 Å². The van der Waals surface area contributed by atoms with Crippen LogP contribution in [0, 0.1) is 17.8 Å². The first-order valence-electron chi connectivity index (χ1n) is 18.1. The summed E-state index contributed by atoms with van der Waals surface area (Å²) in [6.45, 7) is 13.8. The Morgan fingerprint density at radius 2 is 1.19 bits per heavy atom. The highest BCUT2D eigenvalue weighted by molar-refractivity contribution is 5.97. The number of para-hydroxylation sites is 1. The Morgan fingerprint density at radius 3 is 1.83 bits per heavy atom. The van der Waals surface area contributed by atoms with Crippen LogP contribution in [-0.2, 0) is 40.0 Å². The van der Waals surface area contributed by atoms with E-state index in [1.807, 2.05) is 38.1 Å². The molecule has 0 spiro atoms. The van der Waals surface area contributed by atoms with Crippen LogP contribution in [-0.4, -0.2) is 89.1 Å². The molecule has 6 atom stereocenters. The van der Waals surface area contributed by atoms with Gasteiger partial charge in [-0.2, -0.15) is 0 Å². The quantitative estimate of drug-likeness (QED) is 0.215. The van der Waals surface area contributed by atoms with Crippen LogP contribution in [0.4, 0.5) is 0 Å². The van der Waals surface area contributed by atoms with Crippen molar-refractivity contribution in [3.63, 3.8) is 0 Å². The molecule has 1 aliphatic heterocycles. The van der Waals surface area contributed by atoms with Crippen LogP contribution in [0.2, 0.25) is 0 Å². The van der Waals surface area contributed by atoms with E-state index in [0.717, 1.165) is 16.5 Å². The van der Waals surface area contributed by atoms with Crippen molar-refractivity contribution in [1.82, 2.24) is 42.2 Å². The SMILES string of the molecule is CC(C)CC1NC(=O)C(C(C)C)NC(=O)C(C)NC(=O)CCCNC(=O)C(Cc2c[nH]c3ccccc23)NC(=O)C(C)NC(=O)C(C(C)C)NC1=O. The predicted molar refractivity (Wildman–Crippen MR) is 196 cm³/mol. The molecule has 0 radical (unpaired) electrons. The molecule has 15 nitrogen and oxygen atoms in total. The number of carbonyl (C=O) groups excluding carboxylic acids is 7. The van der Waals surface area contributed by atoms with Crippen LogP contribution >= 0.6 is 0 Å². The first-order chi connectivity index (χ1) is 24.5. The van der Waals surface area contributed by atoms with Crippen molar-refractivity contribution in [2.24, 2.45) is 17.8 Å². The molecule has 8 N–H and O–H groups in total. The van der Waals surface area contributed by atoms with Gasteiger partial charge in [0.1, 0.15) is 36.3 Å². The number of benzene rings is 1. The summed E-state index contributed by atoms with van der Waals surface area (Å²) in [4.78, 5) is 96.7. The minimum absolute atomic E-state index is 0.00243. The lowest BCUT2D eigenvalue weighted by atomic mass is 9.98. The Labute approximate surface area is 305 Å². The van der Waals surface area contributed by atoms with Crippen LogP contribution in [0.15, 0.2) is 30.5 Å². The molecular formula is C37H56N8O7. The average molecular weight is 725 g/mol. The molecular weight excluding hydrogens is 668 g/mol. The van der Waals surface area contributed by atoms with Gasteiger partial charge in [-0.1, -0.05) is 59.7 Å². The lowest BCUT2D eigenvalue weighted by Gasteiger charge is -2.29. The number of aromatic amines is 1. The van der Waals surface area contributed by atoms with Gasteiger partial charge in [0.2, 0.25) is 41.4 Å². The Balaban J connectivity index is 1.92. The standard InChI is InChI=1S/C37H56N8O7/c1-19(2)16-27-35(50)45-30(20(3)4)36(51)41-23(8)32(47)42-28(17-24-18-39-26-13-10-9-12-25(24)26)34(49)38-15-11-14-29(46)40-22(7)33(48)44-31(21(5)6)37(52)43-27/h9-10,12-13,18-23,27-28,30-31,39H,11,14-17H2,1-8H3,(H,38,49)(H,40,46)(H,41,51)(H,42,47)(H,43,52)(H,44,48)(H,45,50). The summed E-state index contributed by atoms with van der Waals surface area (Å²) in [6, 6.07) is 1.34. The number of H-pyrrole nitrogens is 1. The minimum Gasteiger partial charge on any atom is -0.361 e. The molecule has 0 saturated carbocycles. The van der Waals surface area contributed by atoms with E-state index in [4.69, 9.17) is 0 Å². The fraction of sp³-hybridized carbons (Fsp3) is 0.595. The van der Waals surface area contributed by atoms with Gasteiger partial charge in [0.15, 0.2) is 0 Å². The first-order valence-corrected chi connectivity index (χ1v) is 18.1. The molecule has 1 aromatic carbocycles. The fourth-order valence-electron chi connectivity index (χ4n) is 5.92. The number of rotatable bonds is 6. The summed E-state index contributed by atoms with van der Waals surface area (Å²) in [7, 11) is 0. The van der Waals surface area contributed by atoms with Crippen LogP contribution < -0.4 is 37.2 Å². The molecule has 15 heteroatoms. The second-order valence-electron chi connectivity index (χ2n) is 14.7. The highest BCUT2D eigenvalue weighted by atomic mass is 16.2. The topological polar surface area (TPSA) is 219 Å². The molecule has 0 aliphatic carbocycles. The maximum Gasteiger partial charge on any atom is 0.243 e. The predicted octanol–water partition coefficient (Wildman–Crippen LogP) is 0.927. The van der Waals surface area contributed by atoms with Crippen LogP contribution in [0.5, 0.6) is 0 Å². The van der Waals surface area contributed by atoms with E-state index in [-0.39, 0.29) is 44.1 Å². The van der Waals surface area contributed by atoms with Crippen molar-refractivity contribution >= 4 is 52.3 Å². The Kier molecular flexibility index (Phi) is 15.2. The van der Waals surface area contributed by atoms with Gasteiger partial charge < -0.3 is 42.2 Å². The normalized spacial score (nSPS) is 25.6. The summed E-state index contributed by atoms with van der Waals surface area (Å²) in [6.07, 6.45) is 2.40. The molecule has 2 heterocycles. The van der Waals surface area contributed by atoms with Gasteiger partial charge in [0, 0.05) is 36.5 Å². The maximum absolute atomic E-state index is 13.7. The van der Waals surface area contributed by atoms with E-state index >= 15 is 0 Å².